The molecule has 0 rings (SSSR count). The summed E-state index contributed by atoms with van der Waals surface area (Å²) < 4.78 is 10.2. The molecule has 0 aliphatic carbocycles. The quantitative estimate of drug-likeness (QED) is 0.313. The van der Waals surface area contributed by atoms with Crippen LogP contribution in [0.1, 0.15) is 0 Å². The molecule has 0 aliphatic rings. The first-order valence-corrected chi connectivity index (χ1v) is 0.676. The molecule has 0 atom stereocenters. The van der Waals surface area contributed by atoms with Gasteiger partial charge in [0.2, 0.25) is 0 Å². The third-order valence-electron chi connectivity index (χ3n) is 0.0436. The van der Waals surface area contributed by atoms with Crippen molar-refractivity contribution in [3.8, 4) is 0 Å². The Kier molecular flexibility index (Phi) is 2.33. The van der Waals surface area contributed by atoms with E-state index in [1.807, 2.05) is 5.06 Å². The van der Waals surface area contributed by atoms with Crippen molar-refractivity contribution in [1.82, 2.24) is 0 Å². The molecule has 0 aromatic carbocycles. The van der Waals surface area contributed by atoms with Crippen molar-refractivity contribution < 1.29 is 9.52 Å². The van der Waals surface area contributed by atoms with Crippen LogP contribution < -0.4 is 0 Å². The molecule has 22 valence electrons. The van der Waals surface area contributed by atoms with E-state index in [2.05, 4.69) is 0 Å². The maximum absolute atomic E-state index is 10.2. The van der Waals surface area contributed by atoms with E-state index in [9.17, 15) is 4.32 Å². The van der Waals surface area contributed by atoms with Gasteiger partial charge < -0.3 is 0 Å². The van der Waals surface area contributed by atoms with Gasteiger partial charge in [0, 0.05) is 0 Å². The fourth-order valence-corrected chi connectivity index (χ4v) is 0. The van der Waals surface area contributed by atoms with Gasteiger partial charge in [-0.05, 0) is 0 Å². The molecule has 0 heterocycles. The van der Waals surface area contributed by atoms with Gasteiger partial charge in [0.1, 0.15) is 0 Å². The van der Waals surface area contributed by atoms with E-state index in [1.165, 1.54) is 0 Å². The molecule has 0 fully saturated rings. The summed E-state index contributed by atoms with van der Waals surface area (Å²) in [4.78, 5) is 0. The second-order valence-electron chi connectivity index (χ2n) is 0.213. The van der Waals surface area contributed by atoms with Crippen LogP contribution in [0.2, 0.25) is 0 Å². The van der Waals surface area contributed by atoms with E-state index in [1.54, 1.807) is 0 Å². The molecule has 0 aromatic heterocycles. The monoisotopic (exact) mass is 61.0 g/mol. The summed E-state index contributed by atoms with van der Waals surface area (Å²) in [6, 6.07) is 0. The minimum atomic E-state index is -0.194. The number of nitrogens with zero attached hydrogens (tertiary/aromatic N) is 1. The summed E-state index contributed by atoms with van der Waals surface area (Å²) in [7, 11) is -0.194. The zero-order valence-electron chi connectivity index (χ0n) is 1.85. The molecule has 0 radical (unpaired) electrons. The molecule has 0 spiro atoms. The van der Waals surface area contributed by atoms with Gasteiger partial charge in [0.05, 0.1) is 0 Å². The van der Waals surface area contributed by atoms with E-state index in [0.29, 0.717) is 0 Å². The number of rotatable bonds is 0. The van der Waals surface area contributed by atoms with E-state index in [-0.39, 0.29) is 7.35 Å². The first-order valence-electron chi connectivity index (χ1n) is 0.676. The molecular formula is HBFNO. The van der Waals surface area contributed by atoms with Gasteiger partial charge in [-0.1, -0.05) is 0 Å². The van der Waals surface area contributed by atoms with Crippen molar-refractivity contribution in [2.45, 2.75) is 0 Å². The topological polar surface area (TPSA) is 32.6 Å². The minimum absolute atomic E-state index is 0.194. The third-order valence-corrected chi connectivity index (χ3v) is 0.0436. The zero-order valence-corrected chi connectivity index (χ0v) is 1.85. The summed E-state index contributed by atoms with van der Waals surface area (Å²) >= 11 is 0. The van der Waals surface area contributed by atoms with Crippen molar-refractivity contribution in [3.63, 3.8) is 0 Å². The van der Waals surface area contributed by atoms with Gasteiger partial charge in [-0.2, -0.15) is 0 Å². The van der Waals surface area contributed by atoms with Crippen LogP contribution in [0.3, 0.4) is 0 Å². The van der Waals surface area contributed by atoms with Crippen LogP contribution in [0.5, 0.6) is 0 Å². The Morgan fingerprint density at radius 3 is 2.25 bits per heavy atom. The first kappa shape index (κ1) is 3.59. The van der Waals surface area contributed by atoms with Crippen molar-refractivity contribution >= 4 is 7.35 Å². The van der Waals surface area contributed by atoms with Gasteiger partial charge in [-0.15, -0.1) is 0 Å². The summed E-state index contributed by atoms with van der Waals surface area (Å²) in [6.45, 7) is 0. The fourth-order valence-electron chi connectivity index (χ4n) is 0. The molecule has 4 heavy (non-hydrogen) atoms. The fraction of sp³-hybridized carbons (Fsp3) is 0. The van der Waals surface area contributed by atoms with Crippen molar-refractivity contribution in [2.75, 3.05) is 0 Å². The van der Waals surface area contributed by atoms with Gasteiger partial charge in [-0.25, -0.2) is 0 Å². The maximum atomic E-state index is 10.2. The van der Waals surface area contributed by atoms with Crippen LogP contribution in [0.4, 0.5) is 4.32 Å². The van der Waals surface area contributed by atoms with Crippen LogP contribution in [-0.2, 0) is 0 Å². The molecule has 0 aliphatic heterocycles. The molecule has 0 unspecified atom stereocenters. The van der Waals surface area contributed by atoms with Crippen LogP contribution in [0.15, 0.2) is 5.06 Å². The van der Waals surface area contributed by atoms with Gasteiger partial charge in [0.25, 0.3) is 0 Å². The molecule has 0 saturated carbocycles. The van der Waals surface area contributed by atoms with Crippen LogP contribution in [0.25, 0.3) is 0 Å². The van der Waals surface area contributed by atoms with Gasteiger partial charge in [-0.3, -0.25) is 0 Å². The molecule has 0 amide bonds. The van der Waals surface area contributed by atoms with Crippen LogP contribution in [0, 0.1) is 0 Å². The number of hydrogen-bond donors (Lipinski definition) is 1. The molecular weight excluding hydrogens is 59.8 g/mol. The molecule has 2 nitrogen and oxygen atoms in total. The molecule has 0 aromatic rings. The van der Waals surface area contributed by atoms with E-state index < -0.39 is 0 Å². The Morgan fingerprint density at radius 2 is 2.25 bits per heavy atom. The van der Waals surface area contributed by atoms with Gasteiger partial charge in [0.15, 0.2) is 0 Å². The van der Waals surface area contributed by atoms with Crippen LogP contribution >= 0.6 is 0 Å². The first-order chi connectivity index (χ1) is 1.91. The SMILES string of the molecule is ON=BF. The molecule has 4 heteroatoms. The standard InChI is InChI=1S/BFHNO/c2-1-3-4/h4H. The summed E-state index contributed by atoms with van der Waals surface area (Å²) in [5.41, 5.74) is 0. The Bertz CT molecular complexity index is 23.2. The Labute approximate surface area is 23.2 Å². The predicted molar refractivity (Wildman–Crippen MR) is 11.1 cm³/mol. The Balaban J connectivity index is 2.55. The van der Waals surface area contributed by atoms with Crippen molar-refractivity contribution in [1.29, 1.82) is 0 Å². The molecule has 0 bridgehead atoms. The normalized spacial score (nSPS) is 7.25. The molecule has 0 saturated heterocycles. The zero-order chi connectivity index (χ0) is 3.41. The predicted octanol–water partition coefficient (Wildman–Crippen LogP) is 0.148. The second kappa shape index (κ2) is 2.59. The summed E-state index contributed by atoms with van der Waals surface area (Å²) in [5, 5.41) is 9.01. The van der Waals surface area contributed by atoms with E-state index in [0.717, 1.165) is 0 Å². The second-order valence-corrected chi connectivity index (χ2v) is 0.213. The average Bonchev–Trinajstić information content (AvgIpc) is 1.37. The van der Waals surface area contributed by atoms with Crippen molar-refractivity contribution in [2.24, 2.45) is 5.06 Å². The Hall–Kier alpha value is -0.405. The average molecular weight is 60.8 g/mol. The Morgan fingerprint density at radius 1 is 2.00 bits per heavy atom. The molecule has 1 N–H and O–H groups in total. The summed E-state index contributed by atoms with van der Waals surface area (Å²) in [6.07, 6.45) is 0. The summed E-state index contributed by atoms with van der Waals surface area (Å²) in [5.74, 6) is 0. The van der Waals surface area contributed by atoms with Gasteiger partial charge >= 0.3 is 21.9 Å². The van der Waals surface area contributed by atoms with Crippen molar-refractivity contribution in [3.05, 3.63) is 0 Å². The third kappa shape index (κ3) is 1.59. The van der Waals surface area contributed by atoms with E-state index in [4.69, 9.17) is 5.21 Å². The number of hydrogen-bond acceptors (Lipinski definition) is 2. The number of halogens is 1. The van der Waals surface area contributed by atoms with Crippen LogP contribution in [-0.4, -0.2) is 12.6 Å². The van der Waals surface area contributed by atoms with E-state index >= 15 is 0 Å².